The van der Waals surface area contributed by atoms with Gasteiger partial charge in [0.2, 0.25) is 0 Å². The van der Waals surface area contributed by atoms with Crippen molar-refractivity contribution >= 4 is 17.6 Å². The maximum atomic E-state index is 11.6. The quantitative estimate of drug-likeness (QED) is 0.654. The minimum absolute atomic E-state index is 0.0858. The predicted molar refractivity (Wildman–Crippen MR) is 60.0 cm³/mol. The normalized spacial score (nSPS) is 11.8. The van der Waals surface area contributed by atoms with Crippen LogP contribution in [0.5, 0.6) is 0 Å². The largest absolute Gasteiger partial charge is 0.481 e. The van der Waals surface area contributed by atoms with Gasteiger partial charge in [-0.25, -0.2) is 0 Å². The van der Waals surface area contributed by atoms with Gasteiger partial charge in [-0.3, -0.25) is 9.59 Å². The van der Waals surface area contributed by atoms with Crippen molar-refractivity contribution in [2.24, 2.45) is 5.92 Å². The van der Waals surface area contributed by atoms with Gasteiger partial charge in [0.25, 0.3) is 5.91 Å². The average Bonchev–Trinajstić information content (AvgIpc) is 2.25. The van der Waals surface area contributed by atoms with Crippen molar-refractivity contribution < 1.29 is 14.7 Å². The molecule has 0 fully saturated rings. The summed E-state index contributed by atoms with van der Waals surface area (Å²) in [4.78, 5) is 22.1. The van der Waals surface area contributed by atoms with Crippen LogP contribution in [-0.4, -0.2) is 23.5 Å². The molecular formula is C11H14N2O3. The summed E-state index contributed by atoms with van der Waals surface area (Å²) in [6, 6.07) is 6.64. The summed E-state index contributed by atoms with van der Waals surface area (Å²) < 4.78 is 0. The summed E-state index contributed by atoms with van der Waals surface area (Å²) >= 11 is 0. The maximum absolute atomic E-state index is 11.6. The van der Waals surface area contributed by atoms with E-state index < -0.39 is 11.9 Å². The zero-order valence-corrected chi connectivity index (χ0v) is 8.93. The van der Waals surface area contributed by atoms with Crippen molar-refractivity contribution in [3.8, 4) is 0 Å². The van der Waals surface area contributed by atoms with Gasteiger partial charge in [0.15, 0.2) is 0 Å². The maximum Gasteiger partial charge on any atom is 0.308 e. The number of para-hydroxylation sites is 1. The van der Waals surface area contributed by atoms with E-state index in [1.54, 1.807) is 24.3 Å². The number of benzene rings is 1. The lowest BCUT2D eigenvalue weighted by Crippen LogP contribution is -2.31. The molecule has 1 aromatic carbocycles. The predicted octanol–water partition coefficient (Wildman–Crippen LogP) is 0.719. The van der Waals surface area contributed by atoms with Crippen molar-refractivity contribution in [3.63, 3.8) is 0 Å². The molecule has 16 heavy (non-hydrogen) atoms. The van der Waals surface area contributed by atoms with Crippen LogP contribution >= 0.6 is 0 Å². The van der Waals surface area contributed by atoms with E-state index in [4.69, 9.17) is 10.8 Å². The highest BCUT2D eigenvalue weighted by Crippen LogP contribution is 2.09. The molecule has 4 N–H and O–H groups in total. The lowest BCUT2D eigenvalue weighted by molar-refractivity contribution is -0.140. The number of anilines is 1. The third-order valence-electron chi connectivity index (χ3n) is 2.20. The van der Waals surface area contributed by atoms with Crippen LogP contribution in [0.25, 0.3) is 0 Å². The van der Waals surface area contributed by atoms with Gasteiger partial charge in [0.05, 0.1) is 11.5 Å². The van der Waals surface area contributed by atoms with E-state index in [1.807, 2.05) is 0 Å². The molecule has 0 bridgehead atoms. The van der Waals surface area contributed by atoms with Crippen molar-refractivity contribution in [1.29, 1.82) is 0 Å². The highest BCUT2D eigenvalue weighted by Gasteiger charge is 2.14. The second-order valence-electron chi connectivity index (χ2n) is 3.54. The fourth-order valence-electron chi connectivity index (χ4n) is 1.13. The van der Waals surface area contributed by atoms with Crippen molar-refractivity contribution in [3.05, 3.63) is 29.8 Å². The van der Waals surface area contributed by atoms with E-state index in [2.05, 4.69) is 5.32 Å². The Morgan fingerprint density at radius 3 is 2.62 bits per heavy atom. The molecule has 86 valence electrons. The van der Waals surface area contributed by atoms with E-state index in [1.165, 1.54) is 6.92 Å². The third kappa shape index (κ3) is 2.98. The Balaban J connectivity index is 2.60. The summed E-state index contributed by atoms with van der Waals surface area (Å²) in [6.07, 6.45) is 0. The van der Waals surface area contributed by atoms with Crippen LogP contribution in [0.2, 0.25) is 0 Å². The van der Waals surface area contributed by atoms with Crippen LogP contribution in [0, 0.1) is 5.92 Å². The topological polar surface area (TPSA) is 92.4 Å². The van der Waals surface area contributed by atoms with Gasteiger partial charge in [-0.05, 0) is 12.1 Å². The number of nitrogen functional groups attached to an aromatic ring is 1. The minimum atomic E-state index is -0.943. The lowest BCUT2D eigenvalue weighted by atomic mass is 10.1. The smallest absolute Gasteiger partial charge is 0.308 e. The van der Waals surface area contributed by atoms with E-state index in [0.29, 0.717) is 11.3 Å². The molecule has 1 amide bonds. The number of hydrogen-bond acceptors (Lipinski definition) is 3. The Morgan fingerprint density at radius 1 is 1.44 bits per heavy atom. The number of aliphatic carboxylic acids is 1. The number of carboxylic acid groups (broad SMARTS) is 1. The molecule has 1 aromatic rings. The first-order valence-electron chi connectivity index (χ1n) is 4.88. The van der Waals surface area contributed by atoms with Crippen molar-refractivity contribution in [2.75, 3.05) is 12.3 Å². The zero-order valence-electron chi connectivity index (χ0n) is 8.93. The van der Waals surface area contributed by atoms with Crippen LogP contribution < -0.4 is 11.1 Å². The molecule has 0 radical (unpaired) electrons. The Labute approximate surface area is 93.3 Å². The lowest BCUT2D eigenvalue weighted by Gasteiger charge is -2.09. The fraction of sp³-hybridized carbons (Fsp3) is 0.273. The van der Waals surface area contributed by atoms with Crippen LogP contribution in [0.15, 0.2) is 24.3 Å². The third-order valence-corrected chi connectivity index (χ3v) is 2.20. The van der Waals surface area contributed by atoms with Gasteiger partial charge in [-0.2, -0.15) is 0 Å². The molecule has 1 rings (SSSR count). The summed E-state index contributed by atoms with van der Waals surface area (Å²) in [5, 5.41) is 11.2. The van der Waals surface area contributed by atoms with Gasteiger partial charge in [0, 0.05) is 12.2 Å². The van der Waals surface area contributed by atoms with Gasteiger partial charge in [-0.1, -0.05) is 19.1 Å². The molecular weight excluding hydrogens is 208 g/mol. The zero-order chi connectivity index (χ0) is 12.1. The van der Waals surface area contributed by atoms with Crippen LogP contribution in [0.4, 0.5) is 5.69 Å². The first-order valence-corrected chi connectivity index (χ1v) is 4.88. The molecule has 1 atom stereocenters. The number of carbonyl (C=O) groups is 2. The van der Waals surface area contributed by atoms with Crippen LogP contribution in [0.1, 0.15) is 17.3 Å². The molecule has 5 heteroatoms. The van der Waals surface area contributed by atoms with Gasteiger partial charge in [-0.15, -0.1) is 0 Å². The monoisotopic (exact) mass is 222 g/mol. The molecule has 1 unspecified atom stereocenters. The number of rotatable bonds is 4. The summed E-state index contributed by atoms with van der Waals surface area (Å²) in [5.41, 5.74) is 6.35. The SMILES string of the molecule is CC(CNC(=O)c1ccccc1N)C(=O)O. The summed E-state index contributed by atoms with van der Waals surface area (Å²) in [6.45, 7) is 1.61. The van der Waals surface area contributed by atoms with E-state index in [9.17, 15) is 9.59 Å². The number of hydrogen-bond donors (Lipinski definition) is 3. The fourth-order valence-corrected chi connectivity index (χ4v) is 1.13. The van der Waals surface area contributed by atoms with E-state index in [0.717, 1.165) is 0 Å². The first kappa shape index (κ1) is 12.0. The molecule has 0 saturated heterocycles. The second kappa shape index (κ2) is 5.16. The molecule has 0 heterocycles. The molecule has 0 aromatic heterocycles. The molecule has 0 aliphatic carbocycles. The van der Waals surface area contributed by atoms with Crippen molar-refractivity contribution in [2.45, 2.75) is 6.92 Å². The average molecular weight is 222 g/mol. The number of nitrogens with two attached hydrogens (primary N) is 1. The van der Waals surface area contributed by atoms with Gasteiger partial charge < -0.3 is 16.2 Å². The number of nitrogens with one attached hydrogen (secondary N) is 1. The van der Waals surface area contributed by atoms with E-state index >= 15 is 0 Å². The van der Waals surface area contributed by atoms with E-state index in [-0.39, 0.29) is 12.5 Å². The van der Waals surface area contributed by atoms with Gasteiger partial charge in [0.1, 0.15) is 0 Å². The number of carboxylic acids is 1. The molecule has 0 aliphatic heterocycles. The summed E-state index contributed by atoms with van der Waals surface area (Å²) in [7, 11) is 0. The second-order valence-corrected chi connectivity index (χ2v) is 3.54. The Kier molecular flexibility index (Phi) is 3.88. The molecule has 0 spiro atoms. The standard InChI is InChI=1S/C11H14N2O3/c1-7(11(15)16)6-13-10(14)8-4-2-3-5-9(8)12/h2-5,7H,6,12H2,1H3,(H,13,14)(H,15,16). The molecule has 0 aliphatic rings. The first-order chi connectivity index (χ1) is 7.52. The molecule has 5 nitrogen and oxygen atoms in total. The van der Waals surface area contributed by atoms with Crippen molar-refractivity contribution in [1.82, 2.24) is 5.32 Å². The summed E-state index contributed by atoms with van der Waals surface area (Å²) in [5.74, 6) is -1.92. The highest BCUT2D eigenvalue weighted by molar-refractivity contribution is 5.99. The van der Waals surface area contributed by atoms with Crippen LogP contribution in [0.3, 0.4) is 0 Å². The van der Waals surface area contributed by atoms with Crippen LogP contribution in [-0.2, 0) is 4.79 Å². The Morgan fingerprint density at radius 2 is 2.06 bits per heavy atom. The number of amides is 1. The Hall–Kier alpha value is -2.04. The minimum Gasteiger partial charge on any atom is -0.481 e. The highest BCUT2D eigenvalue weighted by atomic mass is 16.4. The number of carbonyl (C=O) groups excluding carboxylic acids is 1. The Bertz CT molecular complexity index is 404. The van der Waals surface area contributed by atoms with Gasteiger partial charge >= 0.3 is 5.97 Å². The molecule has 0 saturated carbocycles.